The fourth-order valence-electron chi connectivity index (χ4n) is 2.85. The van der Waals surface area contributed by atoms with Crippen molar-refractivity contribution in [2.45, 2.75) is 25.1 Å². The molecule has 1 fully saturated rings. The Kier molecular flexibility index (Phi) is 6.66. The first-order valence-corrected chi connectivity index (χ1v) is 8.22. The summed E-state index contributed by atoms with van der Waals surface area (Å²) in [4.78, 5) is 13.7. The van der Waals surface area contributed by atoms with Crippen LogP contribution < -0.4 is 10.1 Å². The quantitative estimate of drug-likeness (QED) is 0.814. The number of carbonyl (C=O) groups excluding carboxylic acids is 1. The lowest BCUT2D eigenvalue weighted by Gasteiger charge is -2.28. The second kappa shape index (κ2) is 8.53. The van der Waals surface area contributed by atoms with Crippen molar-refractivity contribution in [2.75, 3.05) is 33.3 Å². The topological polar surface area (TPSA) is 61.8 Å². The van der Waals surface area contributed by atoms with Crippen molar-refractivity contribution in [2.24, 2.45) is 5.92 Å². The van der Waals surface area contributed by atoms with Crippen LogP contribution in [-0.2, 0) is 11.0 Å². The number of amides is 1. The summed E-state index contributed by atoms with van der Waals surface area (Å²) in [6, 6.07) is 4.84. The van der Waals surface area contributed by atoms with Crippen molar-refractivity contribution in [3.63, 3.8) is 0 Å². The summed E-state index contributed by atoms with van der Waals surface area (Å²) < 4.78 is 43.8. The predicted octanol–water partition coefficient (Wildman–Crippen LogP) is 1.90. The molecule has 1 amide bonds. The fourth-order valence-corrected chi connectivity index (χ4v) is 2.85. The molecule has 1 aliphatic heterocycles. The van der Waals surface area contributed by atoms with Crippen LogP contribution in [0.2, 0.25) is 0 Å². The molecule has 1 unspecified atom stereocenters. The number of rotatable bonds is 6. The number of aliphatic hydroxyl groups excluding tert-OH is 1. The molecule has 1 atom stereocenters. The summed E-state index contributed by atoms with van der Waals surface area (Å²) >= 11 is 0. The summed E-state index contributed by atoms with van der Waals surface area (Å²) in [7, 11) is 1.58. The number of aliphatic hydroxyl groups is 1. The molecule has 1 aliphatic rings. The molecule has 140 valence electrons. The van der Waals surface area contributed by atoms with Crippen LogP contribution in [0.25, 0.3) is 0 Å². The molecule has 0 spiro atoms. The van der Waals surface area contributed by atoms with Gasteiger partial charge in [-0.1, -0.05) is 12.1 Å². The normalized spacial score (nSPS) is 17.2. The molecule has 2 rings (SSSR count). The number of para-hydroxylation sites is 1. The van der Waals surface area contributed by atoms with Gasteiger partial charge in [-0.25, -0.2) is 0 Å². The number of nitrogens with zero attached hydrogens (tertiary/aromatic N) is 1. The van der Waals surface area contributed by atoms with Crippen molar-refractivity contribution in [1.82, 2.24) is 10.2 Å². The molecule has 1 saturated heterocycles. The van der Waals surface area contributed by atoms with Crippen LogP contribution in [0, 0.1) is 5.92 Å². The van der Waals surface area contributed by atoms with Crippen molar-refractivity contribution < 1.29 is 27.8 Å². The maximum Gasteiger partial charge on any atom is 0.419 e. The Hall–Kier alpha value is -1.80. The first kappa shape index (κ1) is 19.5. The van der Waals surface area contributed by atoms with Crippen LogP contribution >= 0.6 is 0 Å². The lowest BCUT2D eigenvalue weighted by molar-refractivity contribution is -0.139. The van der Waals surface area contributed by atoms with E-state index in [1.54, 1.807) is 7.05 Å². The van der Waals surface area contributed by atoms with Gasteiger partial charge in [-0.05, 0) is 38.1 Å². The average molecular weight is 360 g/mol. The number of nitrogens with one attached hydrogen (secondary N) is 1. The van der Waals surface area contributed by atoms with Crippen LogP contribution in [-0.4, -0.2) is 55.3 Å². The maximum absolute atomic E-state index is 12.9. The minimum atomic E-state index is -4.52. The highest BCUT2D eigenvalue weighted by molar-refractivity contribution is 5.78. The highest BCUT2D eigenvalue weighted by Gasteiger charge is 2.34. The highest BCUT2D eigenvalue weighted by atomic mass is 19.4. The lowest BCUT2D eigenvalue weighted by atomic mass is 9.96. The van der Waals surface area contributed by atoms with E-state index in [-0.39, 0.29) is 30.7 Å². The second-order valence-electron chi connectivity index (χ2n) is 6.20. The van der Waals surface area contributed by atoms with Gasteiger partial charge in [-0.3, -0.25) is 4.79 Å². The summed E-state index contributed by atoms with van der Waals surface area (Å²) in [5, 5.41) is 13.2. The number of hydrogen-bond acceptors (Lipinski definition) is 4. The molecule has 1 aromatic carbocycles. The molecule has 0 saturated carbocycles. The molecule has 1 heterocycles. The molecule has 0 bridgehead atoms. The van der Waals surface area contributed by atoms with Crippen molar-refractivity contribution >= 4 is 5.91 Å². The number of ether oxygens (including phenoxy) is 1. The van der Waals surface area contributed by atoms with E-state index in [9.17, 15) is 23.1 Å². The number of halogens is 3. The second-order valence-corrected chi connectivity index (χ2v) is 6.20. The van der Waals surface area contributed by atoms with E-state index >= 15 is 0 Å². The number of carbonyl (C=O) groups is 1. The summed E-state index contributed by atoms with van der Waals surface area (Å²) in [5.41, 5.74) is -0.888. The van der Waals surface area contributed by atoms with Gasteiger partial charge in [0.25, 0.3) is 0 Å². The van der Waals surface area contributed by atoms with Gasteiger partial charge in [0.05, 0.1) is 5.56 Å². The number of alkyl halides is 3. The number of benzene rings is 1. The Balaban J connectivity index is 1.86. The van der Waals surface area contributed by atoms with Gasteiger partial charge < -0.3 is 20.1 Å². The largest absolute Gasteiger partial charge is 0.490 e. The van der Waals surface area contributed by atoms with E-state index in [1.165, 1.54) is 23.1 Å². The lowest BCUT2D eigenvalue weighted by Crippen LogP contribution is -2.43. The Morgan fingerprint density at radius 2 is 2.00 bits per heavy atom. The highest BCUT2D eigenvalue weighted by Crippen LogP contribution is 2.35. The van der Waals surface area contributed by atoms with Crippen LogP contribution in [0.15, 0.2) is 24.3 Å². The molecule has 0 aliphatic carbocycles. The monoisotopic (exact) mass is 360 g/mol. The van der Waals surface area contributed by atoms with Crippen molar-refractivity contribution in [3.05, 3.63) is 29.8 Å². The molecule has 0 aromatic heterocycles. The molecule has 5 nitrogen and oxygen atoms in total. The third kappa shape index (κ3) is 5.61. The Labute approximate surface area is 144 Å². The van der Waals surface area contributed by atoms with Gasteiger partial charge in [0, 0.05) is 19.5 Å². The molecular formula is C17H23F3N2O3. The van der Waals surface area contributed by atoms with E-state index in [0.29, 0.717) is 0 Å². The van der Waals surface area contributed by atoms with Crippen molar-refractivity contribution in [1.29, 1.82) is 0 Å². The first-order valence-electron chi connectivity index (χ1n) is 8.22. The smallest absolute Gasteiger partial charge is 0.419 e. The predicted molar refractivity (Wildman–Crippen MR) is 86.2 cm³/mol. The summed E-state index contributed by atoms with van der Waals surface area (Å²) in [5.74, 6) is -0.469. The van der Waals surface area contributed by atoms with Crippen LogP contribution in [0.4, 0.5) is 13.2 Å². The standard InChI is InChI=1S/C17H23F3N2O3/c1-22(16(24)12-6-8-21-9-7-12)10-13(23)11-25-15-5-3-2-4-14(15)17(18,19)20/h2-5,12-13,21,23H,6-11H2,1H3. The Morgan fingerprint density at radius 1 is 1.36 bits per heavy atom. The summed E-state index contributed by atoms with van der Waals surface area (Å²) in [6.45, 7) is 1.25. The van der Waals surface area contributed by atoms with Gasteiger partial charge in [-0.2, -0.15) is 13.2 Å². The van der Waals surface area contributed by atoms with E-state index in [0.717, 1.165) is 32.0 Å². The zero-order valence-electron chi connectivity index (χ0n) is 14.1. The third-order valence-corrected chi connectivity index (χ3v) is 4.17. The maximum atomic E-state index is 12.9. The summed E-state index contributed by atoms with van der Waals surface area (Å²) in [6.07, 6.45) is -4.11. The Bertz CT molecular complexity index is 575. The van der Waals surface area contributed by atoms with Gasteiger partial charge in [0.2, 0.25) is 5.91 Å². The molecule has 8 heteroatoms. The van der Waals surface area contributed by atoms with E-state index in [2.05, 4.69) is 5.32 Å². The van der Waals surface area contributed by atoms with Gasteiger partial charge >= 0.3 is 6.18 Å². The fraction of sp³-hybridized carbons (Fsp3) is 0.588. The SMILES string of the molecule is CN(CC(O)COc1ccccc1C(F)(F)F)C(=O)C1CCNCC1. The minimum absolute atomic E-state index is 0.0109. The van der Waals surface area contributed by atoms with Crippen LogP contribution in [0.3, 0.4) is 0 Å². The Morgan fingerprint density at radius 3 is 2.64 bits per heavy atom. The van der Waals surface area contributed by atoms with Crippen LogP contribution in [0.1, 0.15) is 18.4 Å². The van der Waals surface area contributed by atoms with E-state index < -0.39 is 17.8 Å². The van der Waals surface area contributed by atoms with Gasteiger partial charge in [0.15, 0.2) is 0 Å². The molecule has 0 radical (unpaired) electrons. The van der Waals surface area contributed by atoms with Gasteiger partial charge in [-0.15, -0.1) is 0 Å². The molecular weight excluding hydrogens is 337 g/mol. The molecule has 1 aromatic rings. The zero-order chi connectivity index (χ0) is 18.4. The van der Waals surface area contributed by atoms with E-state index in [1.807, 2.05) is 0 Å². The molecule has 2 N–H and O–H groups in total. The van der Waals surface area contributed by atoms with Crippen LogP contribution in [0.5, 0.6) is 5.75 Å². The van der Waals surface area contributed by atoms with Crippen molar-refractivity contribution in [3.8, 4) is 5.75 Å². The zero-order valence-corrected chi connectivity index (χ0v) is 14.1. The average Bonchev–Trinajstić information content (AvgIpc) is 2.59. The number of hydrogen-bond donors (Lipinski definition) is 2. The molecule has 25 heavy (non-hydrogen) atoms. The van der Waals surface area contributed by atoms with E-state index in [4.69, 9.17) is 4.74 Å². The third-order valence-electron chi connectivity index (χ3n) is 4.17. The number of likely N-dealkylation sites (N-methyl/N-ethyl adjacent to an activating group) is 1. The number of piperidine rings is 1. The minimum Gasteiger partial charge on any atom is -0.490 e. The first-order chi connectivity index (χ1) is 11.8. The van der Waals surface area contributed by atoms with Gasteiger partial charge in [0.1, 0.15) is 18.5 Å².